The van der Waals surface area contributed by atoms with Crippen molar-refractivity contribution in [3.8, 4) is 0 Å². The van der Waals surface area contributed by atoms with Gasteiger partial charge in [-0.3, -0.25) is 25.6 Å². The molecule has 182 valence electrons. The average Bonchev–Trinajstić information content (AvgIpc) is 3.03. The highest BCUT2D eigenvalue weighted by Gasteiger charge is 2.33. The van der Waals surface area contributed by atoms with Crippen molar-refractivity contribution >= 4 is 45.3 Å². The summed E-state index contributed by atoms with van der Waals surface area (Å²) in [7, 11) is 0. The molecule has 0 amide bonds. The van der Waals surface area contributed by atoms with Crippen molar-refractivity contribution in [2.75, 3.05) is 50.8 Å². The van der Waals surface area contributed by atoms with Gasteiger partial charge in [-0.15, -0.1) is 11.3 Å². The molecular formula is C25H33ClN6OS. The predicted molar refractivity (Wildman–Crippen MR) is 143 cm³/mol. The first-order chi connectivity index (χ1) is 16.4. The number of nitrogens with zero attached hydrogens (tertiary/aromatic N) is 3. The third kappa shape index (κ3) is 5.42. The van der Waals surface area contributed by atoms with Crippen LogP contribution in [0.2, 0.25) is 5.02 Å². The fraction of sp³-hybridized carbons (Fsp3) is 0.480. The number of thiophene rings is 1. The van der Waals surface area contributed by atoms with Gasteiger partial charge in [0.1, 0.15) is 22.7 Å². The van der Waals surface area contributed by atoms with Crippen LogP contribution in [0.1, 0.15) is 34.9 Å². The molecule has 1 aromatic carbocycles. The Morgan fingerprint density at radius 3 is 2.62 bits per heavy atom. The zero-order valence-electron chi connectivity index (χ0n) is 20.1. The molecular weight excluding hydrogens is 468 g/mol. The molecule has 0 spiro atoms. The van der Waals surface area contributed by atoms with E-state index in [0.717, 1.165) is 73.2 Å². The quantitative estimate of drug-likeness (QED) is 0.300. The Hall–Kier alpha value is -2.10. The van der Waals surface area contributed by atoms with E-state index in [1.54, 1.807) is 23.2 Å². The van der Waals surface area contributed by atoms with Gasteiger partial charge in [-0.05, 0) is 58.0 Å². The van der Waals surface area contributed by atoms with E-state index in [9.17, 15) is 0 Å². The second-order valence-electron chi connectivity index (χ2n) is 8.78. The number of fused-ring (bicyclic) bond motifs is 1. The summed E-state index contributed by atoms with van der Waals surface area (Å²) < 4.78 is 5.42. The monoisotopic (exact) mass is 500 g/mol. The Morgan fingerprint density at radius 2 is 1.94 bits per heavy atom. The van der Waals surface area contributed by atoms with E-state index in [2.05, 4.69) is 24.1 Å². The van der Waals surface area contributed by atoms with Crippen molar-refractivity contribution in [2.24, 2.45) is 4.99 Å². The van der Waals surface area contributed by atoms with Crippen LogP contribution >= 0.6 is 22.9 Å². The maximum atomic E-state index is 9.01. The zero-order valence-corrected chi connectivity index (χ0v) is 21.7. The minimum absolute atomic E-state index is 0.331. The highest BCUT2D eigenvalue weighted by Crippen LogP contribution is 2.39. The predicted octanol–water partition coefficient (Wildman–Crippen LogP) is 4.33. The van der Waals surface area contributed by atoms with E-state index >= 15 is 0 Å². The maximum absolute atomic E-state index is 9.01. The van der Waals surface area contributed by atoms with Crippen molar-refractivity contribution in [2.45, 2.75) is 33.2 Å². The van der Waals surface area contributed by atoms with Crippen LogP contribution in [0.4, 0.5) is 5.00 Å². The molecule has 9 heteroatoms. The number of amidine groups is 2. The van der Waals surface area contributed by atoms with Crippen molar-refractivity contribution in [3.05, 3.63) is 50.9 Å². The molecule has 1 aromatic heterocycles. The molecule has 0 radical (unpaired) electrons. The zero-order chi connectivity index (χ0) is 24.2. The number of benzene rings is 1. The van der Waals surface area contributed by atoms with Gasteiger partial charge in [0.2, 0.25) is 0 Å². The Bertz CT molecular complexity index is 1070. The van der Waals surface area contributed by atoms with Crippen LogP contribution in [-0.4, -0.2) is 74.3 Å². The smallest absolute Gasteiger partial charge is 0.133 e. The molecule has 1 saturated heterocycles. The number of nitrogens with one attached hydrogen (secondary N) is 3. The summed E-state index contributed by atoms with van der Waals surface area (Å²) in [5.74, 6) is 0.664. The van der Waals surface area contributed by atoms with Gasteiger partial charge in [0, 0.05) is 40.7 Å². The van der Waals surface area contributed by atoms with Gasteiger partial charge in [-0.1, -0.05) is 23.7 Å². The third-order valence-electron chi connectivity index (χ3n) is 6.37. The number of hydrogen-bond acceptors (Lipinski definition) is 7. The van der Waals surface area contributed by atoms with Crippen molar-refractivity contribution in [3.63, 3.8) is 0 Å². The normalized spacial score (nSPS) is 19.1. The molecule has 1 unspecified atom stereocenters. The molecule has 1 fully saturated rings. The molecule has 0 saturated carbocycles. The summed E-state index contributed by atoms with van der Waals surface area (Å²) >= 11 is 7.78. The molecule has 0 aliphatic carbocycles. The van der Waals surface area contributed by atoms with E-state index in [1.165, 1.54) is 4.88 Å². The number of aliphatic imine (C=N–C) groups is 1. The first-order valence-electron chi connectivity index (χ1n) is 11.8. The fourth-order valence-electron chi connectivity index (χ4n) is 4.38. The van der Waals surface area contributed by atoms with Gasteiger partial charge in [-0.2, -0.15) is 0 Å². The minimum atomic E-state index is -0.395. The summed E-state index contributed by atoms with van der Waals surface area (Å²) in [6.07, 6.45) is 1.03. The second kappa shape index (κ2) is 11.1. The minimum Gasteiger partial charge on any atom is -0.379 e. The van der Waals surface area contributed by atoms with Crippen LogP contribution in [0.15, 0.2) is 29.3 Å². The van der Waals surface area contributed by atoms with Crippen molar-refractivity contribution < 1.29 is 4.74 Å². The number of rotatable bonds is 7. The maximum Gasteiger partial charge on any atom is 0.133 e. The van der Waals surface area contributed by atoms with Crippen LogP contribution in [0.5, 0.6) is 0 Å². The Morgan fingerprint density at radius 1 is 1.24 bits per heavy atom. The Kier molecular flexibility index (Phi) is 8.16. The summed E-state index contributed by atoms with van der Waals surface area (Å²) in [4.78, 5) is 10.5. The van der Waals surface area contributed by atoms with Gasteiger partial charge >= 0.3 is 0 Å². The number of halogens is 1. The number of anilines is 1. The number of ether oxygens (including phenoxy) is 1. The fourth-order valence-corrected chi connectivity index (χ4v) is 5.73. The lowest BCUT2D eigenvalue weighted by Gasteiger charge is -2.27. The van der Waals surface area contributed by atoms with Crippen LogP contribution in [0.3, 0.4) is 0 Å². The highest BCUT2D eigenvalue weighted by molar-refractivity contribution is 7.17. The van der Waals surface area contributed by atoms with E-state index in [4.69, 9.17) is 32.1 Å². The Balaban J connectivity index is 1.59. The molecule has 2 aromatic rings. The molecule has 4 rings (SSSR count). The summed E-state index contributed by atoms with van der Waals surface area (Å²) in [5.41, 5.74) is 3.99. The van der Waals surface area contributed by atoms with E-state index < -0.39 is 6.04 Å². The molecule has 0 bridgehead atoms. The lowest BCUT2D eigenvalue weighted by atomic mass is 10.00. The van der Waals surface area contributed by atoms with Gasteiger partial charge in [0.15, 0.2) is 0 Å². The van der Waals surface area contributed by atoms with Crippen LogP contribution < -0.4 is 10.2 Å². The largest absolute Gasteiger partial charge is 0.379 e. The van der Waals surface area contributed by atoms with Crippen LogP contribution in [0, 0.1) is 24.7 Å². The van der Waals surface area contributed by atoms with Gasteiger partial charge < -0.3 is 10.1 Å². The van der Waals surface area contributed by atoms with Gasteiger partial charge in [-0.25, -0.2) is 0 Å². The van der Waals surface area contributed by atoms with Crippen molar-refractivity contribution in [1.82, 2.24) is 10.2 Å². The summed E-state index contributed by atoms with van der Waals surface area (Å²) in [6, 6.07) is 7.33. The molecule has 2 aliphatic heterocycles. The van der Waals surface area contributed by atoms with E-state index in [0.29, 0.717) is 23.2 Å². The first kappa shape index (κ1) is 25.0. The summed E-state index contributed by atoms with van der Waals surface area (Å²) in [5, 5.41) is 22.6. The standard InChI is InChI=1S/C25H33ClN6OS/c1-16-17(2)34-25-22(16)23(19-5-7-20(26)8-6-19)30-21(24(28)32(25)18(3)27)15-29-9-4-10-31-11-13-33-14-12-31/h5-8,21,27-29H,4,9-15H2,1-3H3. The van der Waals surface area contributed by atoms with E-state index in [1.807, 2.05) is 24.3 Å². The van der Waals surface area contributed by atoms with Crippen LogP contribution in [0.25, 0.3) is 0 Å². The third-order valence-corrected chi connectivity index (χ3v) is 7.81. The number of hydrogen-bond donors (Lipinski definition) is 3. The van der Waals surface area contributed by atoms with Crippen molar-refractivity contribution in [1.29, 1.82) is 10.8 Å². The highest BCUT2D eigenvalue weighted by atomic mass is 35.5. The summed E-state index contributed by atoms with van der Waals surface area (Å²) in [6.45, 7) is 12.0. The number of aryl methyl sites for hydroxylation is 1. The topological polar surface area (TPSA) is 87.8 Å². The van der Waals surface area contributed by atoms with E-state index in [-0.39, 0.29) is 0 Å². The molecule has 7 nitrogen and oxygen atoms in total. The second-order valence-corrected chi connectivity index (χ2v) is 10.4. The first-order valence-corrected chi connectivity index (χ1v) is 12.9. The average molecular weight is 501 g/mol. The molecule has 3 N–H and O–H groups in total. The SMILES string of the molecule is CC(=N)N1C(=N)C(CNCCCN2CCOCC2)N=C(c2ccc(Cl)cc2)c2c1sc(C)c2C. The molecule has 34 heavy (non-hydrogen) atoms. The van der Waals surface area contributed by atoms with Crippen LogP contribution in [-0.2, 0) is 4.74 Å². The molecule has 3 heterocycles. The lowest BCUT2D eigenvalue weighted by molar-refractivity contribution is 0.0374. The van der Waals surface area contributed by atoms with Gasteiger partial charge in [0.25, 0.3) is 0 Å². The van der Waals surface area contributed by atoms with Gasteiger partial charge in [0.05, 0.1) is 18.9 Å². The molecule has 2 aliphatic rings. The Labute approximate surface area is 210 Å². The lowest BCUT2D eigenvalue weighted by Crippen LogP contribution is -2.44. The molecule has 1 atom stereocenters. The number of morpholine rings is 1.